The number of aromatic nitrogens is 5. The second-order valence-corrected chi connectivity index (χ2v) is 9.74. The maximum absolute atomic E-state index is 11.8. The molecule has 0 aliphatic rings. The summed E-state index contributed by atoms with van der Waals surface area (Å²) in [5.74, 6) is 0.0828. The topological polar surface area (TPSA) is 90.6 Å². The van der Waals surface area contributed by atoms with Crippen molar-refractivity contribution in [1.29, 1.82) is 0 Å². The third kappa shape index (κ3) is 3.68. The van der Waals surface area contributed by atoms with Gasteiger partial charge >= 0.3 is 0 Å². The number of hydrogen-bond donors (Lipinski definition) is 2. The number of fused-ring (bicyclic) bond motifs is 2. The van der Waals surface area contributed by atoms with Gasteiger partial charge in [-0.05, 0) is 49.4 Å². The molecule has 5 heterocycles. The molecular formula is C27H22N6OS. The summed E-state index contributed by atoms with van der Waals surface area (Å²) >= 11 is 1.51. The fraction of sp³-hybridized carbons (Fsp3) is 0.111. The van der Waals surface area contributed by atoms with Crippen LogP contribution in [0.3, 0.4) is 0 Å². The highest BCUT2D eigenvalue weighted by molar-refractivity contribution is 7.17. The first-order chi connectivity index (χ1) is 17.0. The van der Waals surface area contributed by atoms with E-state index in [2.05, 4.69) is 38.4 Å². The van der Waals surface area contributed by atoms with Gasteiger partial charge in [-0.2, -0.15) is 5.10 Å². The van der Waals surface area contributed by atoms with E-state index in [1.165, 1.54) is 11.3 Å². The van der Waals surface area contributed by atoms with Crippen LogP contribution in [0.15, 0.2) is 67.0 Å². The molecule has 0 fully saturated rings. The van der Waals surface area contributed by atoms with Crippen LogP contribution in [0, 0.1) is 0 Å². The van der Waals surface area contributed by atoms with Gasteiger partial charge in [-0.15, -0.1) is 11.3 Å². The summed E-state index contributed by atoms with van der Waals surface area (Å²) in [5, 5.41) is 8.77. The van der Waals surface area contributed by atoms with Gasteiger partial charge in [0.2, 0.25) is 0 Å². The molecule has 0 aliphatic carbocycles. The third-order valence-electron chi connectivity index (χ3n) is 6.08. The average molecular weight is 479 g/mol. The fourth-order valence-electron chi connectivity index (χ4n) is 4.23. The van der Waals surface area contributed by atoms with E-state index in [9.17, 15) is 4.79 Å². The van der Waals surface area contributed by atoms with Crippen LogP contribution in [0.1, 0.15) is 16.6 Å². The Morgan fingerprint density at radius 3 is 2.69 bits per heavy atom. The van der Waals surface area contributed by atoms with Crippen molar-refractivity contribution in [3.63, 3.8) is 0 Å². The van der Waals surface area contributed by atoms with Crippen LogP contribution in [0.2, 0.25) is 0 Å². The van der Waals surface area contributed by atoms with Crippen LogP contribution in [-0.2, 0) is 0 Å². The number of anilines is 1. The van der Waals surface area contributed by atoms with Gasteiger partial charge in [-0.3, -0.25) is 14.9 Å². The Morgan fingerprint density at radius 2 is 1.89 bits per heavy atom. The van der Waals surface area contributed by atoms with Gasteiger partial charge in [0.05, 0.1) is 33.7 Å². The van der Waals surface area contributed by atoms with Crippen molar-refractivity contribution in [1.82, 2.24) is 25.1 Å². The smallest absolute Gasteiger partial charge is 0.169 e. The second kappa shape index (κ2) is 8.18. The Morgan fingerprint density at radius 1 is 1.00 bits per heavy atom. The maximum Gasteiger partial charge on any atom is 0.169 e. The minimum absolute atomic E-state index is 0.0828. The lowest BCUT2D eigenvalue weighted by molar-refractivity contribution is 0.102. The van der Waals surface area contributed by atoms with Crippen LogP contribution in [-0.4, -0.2) is 45.0 Å². The molecule has 8 heteroatoms. The van der Waals surface area contributed by atoms with Crippen LogP contribution in [0.4, 0.5) is 5.69 Å². The SMILES string of the molecule is CC(=O)c1ccc(-c2cccc3[nH]c(-c4n[nH]c5ccc(-c6cncc(N(C)C)c6)nc45)cc23)s1. The van der Waals surface area contributed by atoms with Gasteiger partial charge in [-0.25, -0.2) is 4.98 Å². The van der Waals surface area contributed by atoms with E-state index < -0.39 is 0 Å². The zero-order valence-corrected chi connectivity index (χ0v) is 20.3. The first kappa shape index (κ1) is 21.2. The molecule has 6 rings (SSSR count). The van der Waals surface area contributed by atoms with E-state index in [1.807, 2.05) is 67.8 Å². The summed E-state index contributed by atoms with van der Waals surface area (Å²) < 4.78 is 0. The van der Waals surface area contributed by atoms with E-state index in [0.717, 1.165) is 65.6 Å². The van der Waals surface area contributed by atoms with Crippen LogP contribution in [0.25, 0.3) is 55.0 Å². The van der Waals surface area contributed by atoms with Gasteiger partial charge in [0, 0.05) is 47.2 Å². The Bertz CT molecular complexity index is 1720. The highest BCUT2D eigenvalue weighted by Gasteiger charge is 2.16. The Hall–Kier alpha value is -4.30. The van der Waals surface area contributed by atoms with Crippen molar-refractivity contribution in [2.75, 3.05) is 19.0 Å². The first-order valence-corrected chi connectivity index (χ1v) is 12.0. The zero-order valence-electron chi connectivity index (χ0n) is 19.5. The summed E-state index contributed by atoms with van der Waals surface area (Å²) in [7, 11) is 3.99. The van der Waals surface area contributed by atoms with Crippen molar-refractivity contribution in [3.8, 4) is 33.1 Å². The number of benzene rings is 1. The predicted molar refractivity (Wildman–Crippen MR) is 142 cm³/mol. The largest absolute Gasteiger partial charge is 0.376 e. The summed E-state index contributed by atoms with van der Waals surface area (Å²) in [5.41, 5.74) is 8.19. The molecule has 5 aromatic heterocycles. The van der Waals surface area contributed by atoms with Crippen LogP contribution < -0.4 is 4.90 Å². The van der Waals surface area contributed by atoms with Crippen LogP contribution in [0.5, 0.6) is 0 Å². The van der Waals surface area contributed by atoms with E-state index in [-0.39, 0.29) is 5.78 Å². The van der Waals surface area contributed by atoms with E-state index in [0.29, 0.717) is 0 Å². The minimum Gasteiger partial charge on any atom is -0.376 e. The molecule has 0 aliphatic heterocycles. The molecular weight excluding hydrogens is 456 g/mol. The van der Waals surface area contributed by atoms with Gasteiger partial charge in [-0.1, -0.05) is 12.1 Å². The number of Topliss-reactive ketones (excluding diaryl/α,β-unsaturated/α-hetero) is 1. The predicted octanol–water partition coefficient (Wildman–Crippen LogP) is 6.17. The Labute approximate surface area is 205 Å². The molecule has 35 heavy (non-hydrogen) atoms. The number of rotatable bonds is 5. The van der Waals surface area contributed by atoms with Crippen molar-refractivity contribution >= 4 is 44.7 Å². The summed E-state index contributed by atoms with van der Waals surface area (Å²) in [4.78, 5) is 28.5. The first-order valence-electron chi connectivity index (χ1n) is 11.2. The summed E-state index contributed by atoms with van der Waals surface area (Å²) in [6.07, 6.45) is 3.66. The van der Waals surface area contributed by atoms with Crippen LogP contribution >= 0.6 is 11.3 Å². The van der Waals surface area contributed by atoms with Gasteiger partial charge in [0.1, 0.15) is 11.2 Å². The molecule has 6 aromatic rings. The molecule has 0 atom stereocenters. The Balaban J connectivity index is 1.46. The average Bonchev–Trinajstić information content (AvgIpc) is 3.61. The third-order valence-corrected chi connectivity index (χ3v) is 7.30. The number of nitrogens with zero attached hydrogens (tertiary/aromatic N) is 4. The molecule has 2 N–H and O–H groups in total. The highest BCUT2D eigenvalue weighted by Crippen LogP contribution is 2.37. The number of carbonyl (C=O) groups is 1. The number of aromatic amines is 2. The fourth-order valence-corrected chi connectivity index (χ4v) is 5.17. The molecule has 0 amide bonds. The lowest BCUT2D eigenvalue weighted by atomic mass is 10.1. The molecule has 0 saturated carbocycles. The summed E-state index contributed by atoms with van der Waals surface area (Å²) in [6.45, 7) is 1.60. The van der Waals surface area contributed by atoms with Crippen molar-refractivity contribution in [2.24, 2.45) is 0 Å². The number of hydrogen-bond acceptors (Lipinski definition) is 6. The number of carbonyl (C=O) groups excluding carboxylic acids is 1. The van der Waals surface area contributed by atoms with Crippen molar-refractivity contribution in [3.05, 3.63) is 71.9 Å². The monoisotopic (exact) mass is 478 g/mol. The molecule has 0 unspecified atom stereocenters. The number of ketones is 1. The normalized spacial score (nSPS) is 11.4. The molecule has 7 nitrogen and oxygen atoms in total. The highest BCUT2D eigenvalue weighted by atomic mass is 32.1. The second-order valence-electron chi connectivity index (χ2n) is 8.66. The standard InChI is InChI=1S/C27H22N6OS/c1-15(34)24-9-10-25(35-24)18-5-4-6-21-19(18)12-23(29-21)27-26-22(31-32-27)8-7-20(30-26)16-11-17(33(2)3)14-28-13-16/h4-14,29H,1-3H3,(H,31,32). The zero-order chi connectivity index (χ0) is 24.1. The number of nitrogens with one attached hydrogen (secondary N) is 2. The lowest BCUT2D eigenvalue weighted by Crippen LogP contribution is -2.08. The van der Waals surface area contributed by atoms with Crippen molar-refractivity contribution < 1.29 is 4.79 Å². The molecule has 1 aromatic carbocycles. The quantitative estimate of drug-likeness (QED) is 0.289. The lowest BCUT2D eigenvalue weighted by Gasteiger charge is -2.12. The number of thiophene rings is 1. The Kier molecular flexibility index (Phi) is 4.96. The van der Waals surface area contributed by atoms with E-state index >= 15 is 0 Å². The molecule has 0 radical (unpaired) electrons. The molecule has 0 saturated heterocycles. The van der Waals surface area contributed by atoms with Gasteiger partial charge in [0.25, 0.3) is 0 Å². The minimum atomic E-state index is 0.0828. The molecule has 0 spiro atoms. The number of H-pyrrole nitrogens is 2. The van der Waals surface area contributed by atoms with Gasteiger partial charge in [0.15, 0.2) is 5.78 Å². The number of pyridine rings is 2. The molecule has 0 bridgehead atoms. The van der Waals surface area contributed by atoms with E-state index in [1.54, 1.807) is 6.92 Å². The van der Waals surface area contributed by atoms with Crippen molar-refractivity contribution in [2.45, 2.75) is 6.92 Å². The maximum atomic E-state index is 11.8. The molecule has 172 valence electrons. The summed E-state index contributed by atoms with van der Waals surface area (Å²) in [6, 6.07) is 18.2. The van der Waals surface area contributed by atoms with E-state index in [4.69, 9.17) is 4.98 Å². The van der Waals surface area contributed by atoms with Gasteiger partial charge < -0.3 is 9.88 Å².